The van der Waals surface area contributed by atoms with E-state index >= 15 is 0 Å². The largest absolute Gasteiger partial charge is 0.317 e. The third-order valence-electron chi connectivity index (χ3n) is 3.55. The number of hydrogen-bond acceptors (Lipinski definition) is 2. The van der Waals surface area contributed by atoms with Crippen LogP contribution in [0.3, 0.4) is 0 Å². The Morgan fingerprint density at radius 2 is 2.07 bits per heavy atom. The maximum absolute atomic E-state index is 3.43. The maximum Gasteiger partial charge on any atom is 0.0113 e. The van der Waals surface area contributed by atoms with Gasteiger partial charge in [-0.25, -0.2) is 0 Å². The van der Waals surface area contributed by atoms with Gasteiger partial charge in [-0.15, -0.1) is 0 Å². The molecular formula is C12H26N2. The van der Waals surface area contributed by atoms with Crippen LogP contribution in [0.1, 0.15) is 46.5 Å². The highest BCUT2D eigenvalue weighted by Crippen LogP contribution is 2.24. The number of hydrogen-bond donors (Lipinski definition) is 1. The lowest BCUT2D eigenvalue weighted by atomic mass is 9.89. The summed E-state index contributed by atoms with van der Waals surface area (Å²) in [5.41, 5.74) is 0. The molecule has 2 unspecified atom stereocenters. The first-order valence-electron chi connectivity index (χ1n) is 6.12. The standard InChI is InChI=1S/C12H26N2/c1-5-14(10(2)3)12-8-6-7-11(9-12)13-4/h10-13H,5-9H2,1-4H3. The van der Waals surface area contributed by atoms with Crippen LogP contribution in [0.2, 0.25) is 0 Å². The predicted molar refractivity (Wildman–Crippen MR) is 62.6 cm³/mol. The summed E-state index contributed by atoms with van der Waals surface area (Å²) >= 11 is 0. The van der Waals surface area contributed by atoms with Crippen LogP contribution in [0.4, 0.5) is 0 Å². The summed E-state index contributed by atoms with van der Waals surface area (Å²) in [6, 6.07) is 2.26. The van der Waals surface area contributed by atoms with Crippen LogP contribution in [-0.4, -0.2) is 36.6 Å². The SMILES string of the molecule is CCN(C(C)C)C1CCCC(NC)C1. The van der Waals surface area contributed by atoms with Crippen molar-refractivity contribution in [3.8, 4) is 0 Å². The van der Waals surface area contributed by atoms with Gasteiger partial charge in [0.15, 0.2) is 0 Å². The van der Waals surface area contributed by atoms with Gasteiger partial charge in [0.25, 0.3) is 0 Å². The average Bonchev–Trinajstić information content (AvgIpc) is 2.19. The minimum atomic E-state index is 0.695. The first-order chi connectivity index (χ1) is 6.69. The molecule has 0 aromatic heterocycles. The lowest BCUT2D eigenvalue weighted by molar-refractivity contribution is 0.115. The van der Waals surface area contributed by atoms with Crippen molar-refractivity contribution in [2.75, 3.05) is 13.6 Å². The lowest BCUT2D eigenvalue weighted by Gasteiger charge is -2.39. The van der Waals surface area contributed by atoms with Crippen molar-refractivity contribution in [3.63, 3.8) is 0 Å². The summed E-state index contributed by atoms with van der Waals surface area (Å²) in [4.78, 5) is 2.64. The number of nitrogens with one attached hydrogen (secondary N) is 1. The molecule has 0 spiro atoms. The summed E-state index contributed by atoms with van der Waals surface area (Å²) in [5, 5.41) is 3.43. The second kappa shape index (κ2) is 5.72. The molecule has 84 valence electrons. The summed E-state index contributed by atoms with van der Waals surface area (Å²) in [7, 11) is 2.10. The molecule has 0 heterocycles. The van der Waals surface area contributed by atoms with Crippen molar-refractivity contribution < 1.29 is 0 Å². The van der Waals surface area contributed by atoms with Crippen molar-refractivity contribution in [2.24, 2.45) is 0 Å². The van der Waals surface area contributed by atoms with Gasteiger partial charge in [-0.3, -0.25) is 4.90 Å². The van der Waals surface area contributed by atoms with E-state index in [1.807, 2.05) is 0 Å². The Hall–Kier alpha value is -0.0800. The molecule has 1 aliphatic rings. The van der Waals surface area contributed by atoms with Crippen LogP contribution in [0.15, 0.2) is 0 Å². The molecule has 0 aromatic carbocycles. The van der Waals surface area contributed by atoms with Crippen LogP contribution in [0, 0.1) is 0 Å². The second-order valence-electron chi connectivity index (χ2n) is 4.73. The Labute approximate surface area is 89.1 Å². The molecule has 0 saturated heterocycles. The zero-order valence-electron chi connectivity index (χ0n) is 10.2. The van der Waals surface area contributed by atoms with E-state index in [2.05, 4.69) is 38.0 Å². The molecule has 0 amide bonds. The van der Waals surface area contributed by atoms with E-state index in [1.165, 1.54) is 32.2 Å². The summed E-state index contributed by atoms with van der Waals surface area (Å²) in [5.74, 6) is 0. The van der Waals surface area contributed by atoms with Gasteiger partial charge in [0, 0.05) is 18.1 Å². The molecule has 0 aliphatic heterocycles. The average molecular weight is 198 g/mol. The van der Waals surface area contributed by atoms with E-state index in [0.717, 1.165) is 12.1 Å². The smallest absolute Gasteiger partial charge is 0.0113 e. The molecule has 1 aliphatic carbocycles. The fourth-order valence-corrected chi connectivity index (χ4v) is 2.77. The number of rotatable bonds is 4. The third-order valence-corrected chi connectivity index (χ3v) is 3.55. The van der Waals surface area contributed by atoms with Crippen LogP contribution < -0.4 is 5.32 Å². The molecule has 1 N–H and O–H groups in total. The Kier molecular flexibility index (Phi) is 4.90. The second-order valence-corrected chi connectivity index (χ2v) is 4.73. The van der Waals surface area contributed by atoms with E-state index in [0.29, 0.717) is 6.04 Å². The van der Waals surface area contributed by atoms with Crippen LogP contribution in [0.25, 0.3) is 0 Å². The molecule has 0 aromatic rings. The summed E-state index contributed by atoms with van der Waals surface area (Å²) in [6.07, 6.45) is 5.48. The highest BCUT2D eigenvalue weighted by atomic mass is 15.2. The summed E-state index contributed by atoms with van der Waals surface area (Å²) in [6.45, 7) is 8.10. The normalized spacial score (nSPS) is 28.7. The Bertz CT molecular complexity index is 156. The molecule has 2 atom stereocenters. The van der Waals surface area contributed by atoms with Gasteiger partial charge in [-0.05, 0) is 46.7 Å². The minimum absolute atomic E-state index is 0.695. The van der Waals surface area contributed by atoms with Crippen LogP contribution >= 0.6 is 0 Å². The van der Waals surface area contributed by atoms with Crippen LogP contribution in [0.5, 0.6) is 0 Å². The molecule has 14 heavy (non-hydrogen) atoms. The topological polar surface area (TPSA) is 15.3 Å². The number of nitrogens with zero attached hydrogens (tertiary/aromatic N) is 1. The minimum Gasteiger partial charge on any atom is -0.317 e. The zero-order valence-corrected chi connectivity index (χ0v) is 10.2. The van der Waals surface area contributed by atoms with Crippen molar-refractivity contribution >= 4 is 0 Å². The van der Waals surface area contributed by atoms with Gasteiger partial charge in [-0.2, -0.15) is 0 Å². The van der Waals surface area contributed by atoms with Gasteiger partial charge in [0.1, 0.15) is 0 Å². The molecule has 2 nitrogen and oxygen atoms in total. The highest BCUT2D eigenvalue weighted by Gasteiger charge is 2.26. The molecule has 0 bridgehead atoms. The lowest BCUT2D eigenvalue weighted by Crippen LogP contribution is -2.46. The molecule has 0 radical (unpaired) electrons. The Morgan fingerprint density at radius 1 is 1.36 bits per heavy atom. The maximum atomic E-state index is 3.43. The van der Waals surface area contributed by atoms with Gasteiger partial charge in [0.05, 0.1) is 0 Å². The predicted octanol–water partition coefficient (Wildman–Crippen LogP) is 2.25. The van der Waals surface area contributed by atoms with Crippen molar-refractivity contribution in [3.05, 3.63) is 0 Å². The molecule has 1 fully saturated rings. The van der Waals surface area contributed by atoms with E-state index < -0.39 is 0 Å². The highest BCUT2D eigenvalue weighted by molar-refractivity contribution is 4.84. The van der Waals surface area contributed by atoms with Crippen LogP contribution in [-0.2, 0) is 0 Å². The van der Waals surface area contributed by atoms with Gasteiger partial charge in [0.2, 0.25) is 0 Å². The van der Waals surface area contributed by atoms with Crippen molar-refractivity contribution in [1.82, 2.24) is 10.2 Å². The Balaban J connectivity index is 2.48. The first kappa shape index (κ1) is 12.0. The van der Waals surface area contributed by atoms with E-state index in [1.54, 1.807) is 0 Å². The molecule has 2 heteroatoms. The van der Waals surface area contributed by atoms with E-state index in [4.69, 9.17) is 0 Å². The molecule has 1 saturated carbocycles. The van der Waals surface area contributed by atoms with E-state index in [9.17, 15) is 0 Å². The molecular weight excluding hydrogens is 172 g/mol. The monoisotopic (exact) mass is 198 g/mol. The van der Waals surface area contributed by atoms with Gasteiger partial charge < -0.3 is 5.32 Å². The summed E-state index contributed by atoms with van der Waals surface area (Å²) < 4.78 is 0. The zero-order chi connectivity index (χ0) is 10.6. The Morgan fingerprint density at radius 3 is 2.57 bits per heavy atom. The fourth-order valence-electron chi connectivity index (χ4n) is 2.77. The quantitative estimate of drug-likeness (QED) is 0.745. The van der Waals surface area contributed by atoms with Crippen molar-refractivity contribution in [2.45, 2.75) is 64.6 Å². The molecule has 1 rings (SSSR count). The first-order valence-corrected chi connectivity index (χ1v) is 6.12. The van der Waals surface area contributed by atoms with Gasteiger partial charge in [-0.1, -0.05) is 13.3 Å². The van der Waals surface area contributed by atoms with Gasteiger partial charge >= 0.3 is 0 Å². The van der Waals surface area contributed by atoms with E-state index in [-0.39, 0.29) is 0 Å². The fraction of sp³-hybridized carbons (Fsp3) is 1.00. The van der Waals surface area contributed by atoms with Crippen molar-refractivity contribution in [1.29, 1.82) is 0 Å². The third kappa shape index (κ3) is 2.96.